The fourth-order valence-corrected chi connectivity index (χ4v) is 9.33. The minimum absolute atomic E-state index is 0.0557. The molecule has 0 spiro atoms. The first-order valence-corrected chi connectivity index (χ1v) is 21.1. The molecule has 10 aromatic rings. The molecule has 2 atom stereocenters. The number of para-hydroxylation sites is 1. The summed E-state index contributed by atoms with van der Waals surface area (Å²) in [6.07, 6.45) is 4.36. The van der Waals surface area contributed by atoms with E-state index < -0.39 is 0 Å². The van der Waals surface area contributed by atoms with E-state index >= 15 is 0 Å². The third-order valence-electron chi connectivity index (χ3n) is 12.2. The molecule has 0 saturated heterocycles. The molecule has 12 rings (SSSR count). The van der Waals surface area contributed by atoms with Crippen LogP contribution >= 0.6 is 0 Å². The summed E-state index contributed by atoms with van der Waals surface area (Å²) in [6.45, 7) is 0. The van der Waals surface area contributed by atoms with Crippen molar-refractivity contribution >= 4 is 17.0 Å². The molecular weight excluding hydrogens is 757 g/mol. The highest BCUT2D eigenvalue weighted by molar-refractivity contribution is 5.92. The second-order valence-electron chi connectivity index (χ2n) is 15.9. The van der Waals surface area contributed by atoms with Crippen LogP contribution in [-0.4, -0.2) is 19.5 Å². The molecule has 62 heavy (non-hydrogen) atoms. The molecule has 2 aromatic heterocycles. The summed E-state index contributed by atoms with van der Waals surface area (Å²) < 4.78 is 9.43. The lowest BCUT2D eigenvalue weighted by Gasteiger charge is -2.23. The maximum absolute atomic E-state index is 7.06. The van der Waals surface area contributed by atoms with Gasteiger partial charge >= 0.3 is 0 Å². The van der Waals surface area contributed by atoms with Crippen molar-refractivity contribution in [3.8, 4) is 79.0 Å². The van der Waals surface area contributed by atoms with E-state index in [4.69, 9.17) is 19.7 Å². The lowest BCUT2D eigenvalue weighted by atomic mass is 9.83. The summed E-state index contributed by atoms with van der Waals surface area (Å²) in [5.74, 6) is 2.63. The van der Waals surface area contributed by atoms with Gasteiger partial charge in [0.15, 0.2) is 17.5 Å². The Bertz CT molecular complexity index is 3220. The molecule has 0 saturated carbocycles. The Morgan fingerprint density at radius 3 is 1.53 bits per heavy atom. The summed E-state index contributed by atoms with van der Waals surface area (Å²) in [5, 5.41) is 1.18. The Hall–Kier alpha value is -8.15. The van der Waals surface area contributed by atoms with E-state index in [1.807, 2.05) is 12.1 Å². The first-order chi connectivity index (χ1) is 30.7. The fraction of sp³-hybridized carbons (Fsp3) is 0.0351. The number of hydrogen-bond acceptors (Lipinski definition) is 4. The molecule has 0 bridgehead atoms. The van der Waals surface area contributed by atoms with Gasteiger partial charge in [0.1, 0.15) is 11.9 Å². The van der Waals surface area contributed by atoms with Gasteiger partial charge in [-0.1, -0.05) is 176 Å². The first kappa shape index (κ1) is 35.8. The van der Waals surface area contributed by atoms with Crippen molar-refractivity contribution in [3.05, 3.63) is 229 Å². The highest BCUT2D eigenvalue weighted by atomic mass is 16.5. The van der Waals surface area contributed by atoms with E-state index in [1.165, 1.54) is 22.1 Å². The van der Waals surface area contributed by atoms with Gasteiger partial charge in [-0.3, -0.25) is 0 Å². The Morgan fingerprint density at radius 1 is 0.403 bits per heavy atom. The van der Waals surface area contributed by atoms with Crippen LogP contribution in [-0.2, 0) is 0 Å². The third kappa shape index (κ3) is 6.13. The van der Waals surface area contributed by atoms with Crippen LogP contribution in [0.2, 0.25) is 0 Å². The van der Waals surface area contributed by atoms with E-state index in [0.29, 0.717) is 17.5 Å². The summed E-state index contributed by atoms with van der Waals surface area (Å²) >= 11 is 0. The highest BCUT2D eigenvalue weighted by Gasteiger charge is 2.42. The molecule has 0 N–H and O–H groups in total. The molecule has 0 amide bonds. The van der Waals surface area contributed by atoms with Crippen molar-refractivity contribution in [1.29, 1.82) is 0 Å². The molecule has 0 fully saturated rings. The number of ether oxygens (including phenoxy) is 1. The smallest absolute Gasteiger partial charge is 0.164 e. The van der Waals surface area contributed by atoms with Crippen molar-refractivity contribution < 1.29 is 4.74 Å². The lowest BCUT2D eigenvalue weighted by Crippen LogP contribution is -2.14. The van der Waals surface area contributed by atoms with Gasteiger partial charge in [0.25, 0.3) is 0 Å². The van der Waals surface area contributed by atoms with Crippen LogP contribution < -0.4 is 4.74 Å². The van der Waals surface area contributed by atoms with Crippen molar-refractivity contribution in [1.82, 2.24) is 19.5 Å². The highest BCUT2D eigenvalue weighted by Crippen LogP contribution is 2.55. The third-order valence-corrected chi connectivity index (χ3v) is 12.2. The summed E-state index contributed by atoms with van der Waals surface area (Å²) in [4.78, 5) is 15.8. The van der Waals surface area contributed by atoms with E-state index in [-0.39, 0.29) is 12.0 Å². The van der Waals surface area contributed by atoms with Gasteiger partial charge in [0, 0.05) is 44.8 Å². The van der Waals surface area contributed by atoms with E-state index in [9.17, 15) is 0 Å². The lowest BCUT2D eigenvalue weighted by molar-refractivity contribution is 0.224. The summed E-state index contributed by atoms with van der Waals surface area (Å²) in [7, 11) is 0. The van der Waals surface area contributed by atoms with Gasteiger partial charge in [0.2, 0.25) is 0 Å². The van der Waals surface area contributed by atoms with Gasteiger partial charge in [0.05, 0.1) is 11.2 Å². The van der Waals surface area contributed by atoms with Crippen LogP contribution in [0.1, 0.15) is 28.8 Å². The Morgan fingerprint density at radius 2 is 0.903 bits per heavy atom. The number of aromatic nitrogens is 4. The molecule has 5 heteroatoms. The maximum Gasteiger partial charge on any atom is 0.164 e. The van der Waals surface area contributed by atoms with Gasteiger partial charge in [-0.2, -0.15) is 0 Å². The van der Waals surface area contributed by atoms with Gasteiger partial charge in [-0.05, 0) is 75.9 Å². The van der Waals surface area contributed by atoms with Gasteiger partial charge < -0.3 is 9.30 Å². The van der Waals surface area contributed by atoms with Crippen molar-refractivity contribution in [2.75, 3.05) is 0 Å². The predicted octanol–water partition coefficient (Wildman–Crippen LogP) is 14.1. The Labute approximate surface area is 360 Å². The molecule has 8 aromatic carbocycles. The number of rotatable bonds is 7. The quantitative estimate of drug-likeness (QED) is 0.161. The SMILES string of the molecule is C1=CC2c3c(cccc3-c3nc(-c4cccc(-c5ccccc5)c4)nc(-c4cccc(-c5ccccc5)c4)n3)OC2c2c1n(-c1ccc(-c3ccccc3)cc1)c1ccccc21. The van der Waals surface area contributed by atoms with Gasteiger partial charge in [-0.25, -0.2) is 15.0 Å². The zero-order chi connectivity index (χ0) is 41.0. The van der Waals surface area contributed by atoms with Gasteiger partial charge in [-0.15, -0.1) is 0 Å². The molecule has 2 aliphatic rings. The maximum atomic E-state index is 7.06. The number of benzene rings is 8. The minimum atomic E-state index is -0.230. The van der Waals surface area contributed by atoms with Crippen molar-refractivity contribution in [2.45, 2.75) is 12.0 Å². The van der Waals surface area contributed by atoms with E-state index in [2.05, 4.69) is 211 Å². The molecule has 292 valence electrons. The van der Waals surface area contributed by atoms with Crippen molar-refractivity contribution in [3.63, 3.8) is 0 Å². The topological polar surface area (TPSA) is 52.8 Å². The van der Waals surface area contributed by atoms with Crippen LogP contribution in [0.25, 0.3) is 90.2 Å². The second-order valence-corrected chi connectivity index (χ2v) is 15.9. The molecule has 0 radical (unpaired) electrons. The molecular formula is C57H38N4O. The minimum Gasteiger partial charge on any atom is -0.484 e. The van der Waals surface area contributed by atoms with Crippen molar-refractivity contribution in [2.24, 2.45) is 0 Å². The average molecular weight is 795 g/mol. The predicted molar refractivity (Wildman–Crippen MR) is 251 cm³/mol. The first-order valence-electron chi connectivity index (χ1n) is 21.1. The van der Waals surface area contributed by atoms with Crippen LogP contribution in [0.5, 0.6) is 5.75 Å². The zero-order valence-corrected chi connectivity index (χ0v) is 33.6. The Balaban J connectivity index is 0.986. The monoisotopic (exact) mass is 794 g/mol. The van der Waals surface area contributed by atoms with E-state index in [1.54, 1.807) is 0 Å². The molecule has 5 nitrogen and oxygen atoms in total. The summed E-state index contributed by atoms with van der Waals surface area (Å²) in [6, 6.07) is 72.1. The largest absolute Gasteiger partial charge is 0.484 e. The van der Waals surface area contributed by atoms with Crippen LogP contribution in [0.4, 0.5) is 0 Å². The summed E-state index contributed by atoms with van der Waals surface area (Å²) in [5.41, 5.74) is 15.3. The molecule has 2 unspecified atom stereocenters. The standard InChI is InChI=1S/C57H38N4O/c1-4-15-37(16-5-1)40-29-31-45(32-30-40)61-49-27-11-10-25-46(49)53-50(61)34-33-47-52-48(26-14-28-51(52)62-54(47)53)57-59-55(43-23-12-21-41(35-43)38-17-6-2-7-18-38)58-56(60-57)44-24-13-22-42(36-44)39-19-8-3-9-20-39/h1-36,47,54H. The molecule has 3 heterocycles. The van der Waals surface area contributed by atoms with Crippen LogP contribution in [0.15, 0.2) is 212 Å². The second kappa shape index (κ2) is 14.8. The Kier molecular flexibility index (Phi) is 8.56. The average Bonchev–Trinajstić information content (AvgIpc) is 3.91. The van der Waals surface area contributed by atoms with Crippen LogP contribution in [0.3, 0.4) is 0 Å². The van der Waals surface area contributed by atoms with Crippen LogP contribution in [0, 0.1) is 0 Å². The molecule has 1 aliphatic heterocycles. The number of nitrogens with zero attached hydrogens (tertiary/aromatic N) is 4. The van der Waals surface area contributed by atoms with E-state index in [0.717, 1.165) is 67.2 Å². The number of fused-ring (bicyclic) bond motifs is 7. The zero-order valence-electron chi connectivity index (χ0n) is 33.6. The molecule has 1 aliphatic carbocycles. The normalized spacial score (nSPS) is 14.8. The fourth-order valence-electron chi connectivity index (χ4n) is 9.33. The number of hydrogen-bond donors (Lipinski definition) is 0.